The van der Waals surface area contributed by atoms with Gasteiger partial charge in [-0.3, -0.25) is 14.4 Å². The van der Waals surface area contributed by atoms with Crippen LogP contribution in [0, 0.1) is 0 Å². The van der Waals surface area contributed by atoms with E-state index in [-0.39, 0.29) is 17.9 Å². The monoisotopic (exact) mass is 336 g/mol. The van der Waals surface area contributed by atoms with Crippen molar-refractivity contribution < 1.29 is 23.9 Å². The van der Waals surface area contributed by atoms with Gasteiger partial charge in [-0.2, -0.15) is 0 Å². The number of carbonyl (C=O) groups is 3. The fourth-order valence-electron chi connectivity index (χ4n) is 2.00. The van der Waals surface area contributed by atoms with Gasteiger partial charge >= 0.3 is 5.97 Å². The van der Waals surface area contributed by atoms with Gasteiger partial charge in [-0.1, -0.05) is 6.92 Å². The molecular weight excluding hydrogens is 320 g/mol. The van der Waals surface area contributed by atoms with Crippen molar-refractivity contribution in [2.75, 3.05) is 18.4 Å². The Bertz CT molecular complexity index is 693. The predicted molar refractivity (Wildman–Crippen MR) is 84.8 cm³/mol. The molecule has 2 aromatic rings. The quantitative estimate of drug-likeness (QED) is 0.809. The Labute approximate surface area is 136 Å². The van der Waals surface area contributed by atoms with Gasteiger partial charge in [-0.15, -0.1) is 11.3 Å². The van der Waals surface area contributed by atoms with E-state index in [9.17, 15) is 14.4 Å². The first kappa shape index (κ1) is 16.8. The molecule has 0 atom stereocenters. The third-order valence-electron chi connectivity index (χ3n) is 2.97. The van der Waals surface area contributed by atoms with E-state index in [4.69, 9.17) is 9.52 Å². The average molecular weight is 336 g/mol. The Hall–Kier alpha value is -2.61. The highest BCUT2D eigenvalue weighted by Gasteiger charge is 2.23. The van der Waals surface area contributed by atoms with Crippen molar-refractivity contribution in [1.29, 1.82) is 0 Å². The second-order valence-electron chi connectivity index (χ2n) is 4.72. The van der Waals surface area contributed by atoms with Crippen molar-refractivity contribution in [2.45, 2.75) is 13.3 Å². The normalized spacial score (nSPS) is 10.3. The molecule has 2 amide bonds. The van der Waals surface area contributed by atoms with E-state index in [1.165, 1.54) is 28.6 Å². The molecule has 0 radical (unpaired) electrons. The summed E-state index contributed by atoms with van der Waals surface area (Å²) in [5.41, 5.74) is 0.268. The number of hydrogen-bond acceptors (Lipinski definition) is 5. The largest absolute Gasteiger partial charge is 0.480 e. The molecule has 0 aliphatic carbocycles. The SMILES string of the molecule is CCCN(CC(=O)O)C(=O)c1ccsc1NC(=O)c1ccco1. The highest BCUT2D eigenvalue weighted by Crippen LogP contribution is 2.25. The molecule has 0 aromatic carbocycles. The van der Waals surface area contributed by atoms with Crippen LogP contribution in [0.25, 0.3) is 0 Å². The number of aliphatic carboxylic acids is 1. The maximum absolute atomic E-state index is 12.5. The van der Waals surface area contributed by atoms with Crippen molar-refractivity contribution in [3.8, 4) is 0 Å². The second kappa shape index (κ2) is 7.59. The maximum Gasteiger partial charge on any atom is 0.323 e. The Morgan fingerprint density at radius 1 is 1.35 bits per heavy atom. The lowest BCUT2D eigenvalue weighted by Gasteiger charge is -2.20. The number of carboxylic acids is 1. The van der Waals surface area contributed by atoms with E-state index in [2.05, 4.69) is 5.32 Å². The van der Waals surface area contributed by atoms with E-state index >= 15 is 0 Å². The minimum Gasteiger partial charge on any atom is -0.480 e. The van der Waals surface area contributed by atoms with Crippen LogP contribution < -0.4 is 5.32 Å². The van der Waals surface area contributed by atoms with Crippen LogP contribution in [-0.2, 0) is 4.79 Å². The van der Waals surface area contributed by atoms with Gasteiger partial charge in [0.05, 0.1) is 11.8 Å². The first-order valence-corrected chi connectivity index (χ1v) is 7.84. The number of furan rings is 1. The van der Waals surface area contributed by atoms with Crippen molar-refractivity contribution in [2.24, 2.45) is 0 Å². The van der Waals surface area contributed by atoms with Crippen molar-refractivity contribution >= 4 is 34.1 Å². The van der Waals surface area contributed by atoms with E-state index in [0.717, 1.165) is 0 Å². The van der Waals surface area contributed by atoms with Crippen LogP contribution in [-0.4, -0.2) is 40.9 Å². The van der Waals surface area contributed by atoms with Gasteiger partial charge in [0.2, 0.25) is 0 Å². The maximum atomic E-state index is 12.5. The van der Waals surface area contributed by atoms with Crippen LogP contribution in [0.3, 0.4) is 0 Å². The Balaban J connectivity index is 2.16. The van der Waals surface area contributed by atoms with Crippen molar-refractivity contribution in [1.82, 2.24) is 4.90 Å². The average Bonchev–Trinajstić information content (AvgIpc) is 3.17. The number of nitrogens with one attached hydrogen (secondary N) is 1. The van der Waals surface area contributed by atoms with E-state index in [1.54, 1.807) is 17.5 Å². The summed E-state index contributed by atoms with van der Waals surface area (Å²) >= 11 is 1.19. The molecule has 2 N–H and O–H groups in total. The lowest BCUT2D eigenvalue weighted by molar-refractivity contribution is -0.137. The van der Waals surface area contributed by atoms with Gasteiger partial charge in [0, 0.05) is 6.54 Å². The van der Waals surface area contributed by atoms with Crippen LogP contribution in [0.4, 0.5) is 5.00 Å². The number of amides is 2. The molecule has 0 saturated heterocycles. The molecule has 0 unspecified atom stereocenters. The summed E-state index contributed by atoms with van der Waals surface area (Å²) < 4.78 is 5.00. The molecule has 0 aliphatic heterocycles. The molecule has 7 nitrogen and oxygen atoms in total. The summed E-state index contributed by atoms with van der Waals surface area (Å²) in [4.78, 5) is 36.7. The van der Waals surface area contributed by atoms with Crippen LogP contribution in [0.1, 0.15) is 34.3 Å². The molecule has 2 rings (SSSR count). The molecular formula is C15H16N2O5S. The Morgan fingerprint density at radius 2 is 2.13 bits per heavy atom. The van der Waals surface area contributed by atoms with Crippen LogP contribution >= 0.6 is 11.3 Å². The summed E-state index contributed by atoms with van der Waals surface area (Å²) in [5, 5.41) is 13.6. The molecule has 0 saturated carbocycles. The molecule has 0 bridgehead atoms. The highest BCUT2D eigenvalue weighted by atomic mass is 32.1. The lowest BCUT2D eigenvalue weighted by Crippen LogP contribution is -2.36. The number of carboxylic acid groups (broad SMARTS) is 1. The fourth-order valence-corrected chi connectivity index (χ4v) is 2.78. The molecule has 0 spiro atoms. The third-order valence-corrected chi connectivity index (χ3v) is 3.80. The van der Waals surface area contributed by atoms with Crippen molar-refractivity contribution in [3.63, 3.8) is 0 Å². The number of anilines is 1. The van der Waals surface area contributed by atoms with Gasteiger partial charge in [-0.25, -0.2) is 0 Å². The van der Waals surface area contributed by atoms with E-state index < -0.39 is 17.8 Å². The van der Waals surface area contributed by atoms with Gasteiger partial charge < -0.3 is 19.7 Å². The zero-order valence-electron chi connectivity index (χ0n) is 12.4. The van der Waals surface area contributed by atoms with Gasteiger partial charge in [0.1, 0.15) is 11.5 Å². The second-order valence-corrected chi connectivity index (χ2v) is 5.63. The number of nitrogens with zero attached hydrogens (tertiary/aromatic N) is 1. The number of hydrogen-bond donors (Lipinski definition) is 2. The third kappa shape index (κ3) is 4.19. The smallest absolute Gasteiger partial charge is 0.323 e. The van der Waals surface area contributed by atoms with Gasteiger partial charge in [0.15, 0.2) is 5.76 Å². The molecule has 8 heteroatoms. The zero-order valence-corrected chi connectivity index (χ0v) is 13.3. The molecule has 23 heavy (non-hydrogen) atoms. The topological polar surface area (TPSA) is 99.9 Å². The first-order chi connectivity index (χ1) is 11.0. The predicted octanol–water partition coefficient (Wildman–Crippen LogP) is 2.53. The summed E-state index contributed by atoms with van der Waals surface area (Å²) in [6, 6.07) is 4.67. The lowest BCUT2D eigenvalue weighted by atomic mass is 10.2. The van der Waals surface area contributed by atoms with E-state index in [0.29, 0.717) is 18.0 Å². The van der Waals surface area contributed by atoms with Gasteiger partial charge in [-0.05, 0) is 30.0 Å². The number of carbonyl (C=O) groups excluding carboxylic acids is 2. The standard InChI is InChI=1S/C15H16N2O5S/c1-2-6-17(9-12(18)19)15(21)10-5-8-23-14(10)16-13(20)11-4-3-7-22-11/h3-5,7-8H,2,6,9H2,1H3,(H,16,20)(H,18,19). The molecule has 122 valence electrons. The highest BCUT2D eigenvalue weighted by molar-refractivity contribution is 7.14. The van der Waals surface area contributed by atoms with E-state index in [1.807, 2.05) is 6.92 Å². The van der Waals surface area contributed by atoms with Crippen LogP contribution in [0.2, 0.25) is 0 Å². The molecule has 2 aromatic heterocycles. The minimum atomic E-state index is -1.08. The van der Waals surface area contributed by atoms with Crippen molar-refractivity contribution in [3.05, 3.63) is 41.2 Å². The minimum absolute atomic E-state index is 0.132. The molecule has 0 aliphatic rings. The Morgan fingerprint density at radius 3 is 2.74 bits per heavy atom. The van der Waals surface area contributed by atoms with Crippen LogP contribution in [0.5, 0.6) is 0 Å². The summed E-state index contributed by atoms with van der Waals surface area (Å²) in [7, 11) is 0. The summed E-state index contributed by atoms with van der Waals surface area (Å²) in [6.07, 6.45) is 2.02. The number of rotatable bonds is 7. The molecule has 2 heterocycles. The zero-order chi connectivity index (χ0) is 16.8. The summed E-state index contributed by atoms with van der Waals surface area (Å²) in [6.45, 7) is 1.80. The number of thiophene rings is 1. The van der Waals surface area contributed by atoms with Gasteiger partial charge in [0.25, 0.3) is 11.8 Å². The first-order valence-electron chi connectivity index (χ1n) is 6.96. The van der Waals surface area contributed by atoms with Crippen LogP contribution in [0.15, 0.2) is 34.3 Å². The summed E-state index contributed by atoms with van der Waals surface area (Å²) in [5.74, 6) is -1.84. The molecule has 0 fully saturated rings. The fraction of sp³-hybridized carbons (Fsp3) is 0.267. The Kier molecular flexibility index (Phi) is 5.53.